The summed E-state index contributed by atoms with van der Waals surface area (Å²) >= 11 is 0. The van der Waals surface area contributed by atoms with E-state index in [0.717, 1.165) is 42.4 Å². The molecule has 3 aromatic rings. The summed E-state index contributed by atoms with van der Waals surface area (Å²) in [6, 6.07) is 21.1. The summed E-state index contributed by atoms with van der Waals surface area (Å²) in [6.07, 6.45) is 4.24. The van der Waals surface area contributed by atoms with Crippen LogP contribution in [0.5, 0.6) is 23.0 Å². The van der Waals surface area contributed by atoms with Gasteiger partial charge in [0.1, 0.15) is 23.0 Å². The zero-order valence-corrected chi connectivity index (χ0v) is 21.4. The quantitative estimate of drug-likeness (QED) is 0.489. The van der Waals surface area contributed by atoms with Gasteiger partial charge in [0.2, 0.25) is 5.91 Å². The molecule has 2 aliphatic heterocycles. The molecule has 3 aromatic carbocycles. The number of methoxy groups -OCH3 is 2. The molecule has 2 fully saturated rings. The third-order valence-corrected chi connectivity index (χ3v) is 8.54. The Balaban J connectivity index is 1.48. The highest BCUT2D eigenvalue weighted by Gasteiger charge is 2.52. The van der Waals surface area contributed by atoms with Crippen molar-refractivity contribution < 1.29 is 24.1 Å². The van der Waals surface area contributed by atoms with Gasteiger partial charge in [-0.3, -0.25) is 4.79 Å². The zero-order chi connectivity index (χ0) is 25.6. The van der Waals surface area contributed by atoms with Crippen molar-refractivity contribution in [3.63, 3.8) is 0 Å². The third-order valence-electron chi connectivity index (χ3n) is 8.54. The number of likely N-dealkylation sites (tertiary alicyclic amines) is 1. The van der Waals surface area contributed by atoms with Crippen LogP contribution in [0.1, 0.15) is 60.8 Å². The number of ether oxygens (including phenoxy) is 3. The first-order chi connectivity index (χ1) is 18.0. The molecule has 0 bridgehead atoms. The van der Waals surface area contributed by atoms with Gasteiger partial charge in [-0.25, -0.2) is 0 Å². The van der Waals surface area contributed by atoms with E-state index in [1.165, 1.54) is 0 Å². The second kappa shape index (κ2) is 9.42. The van der Waals surface area contributed by atoms with Crippen molar-refractivity contribution in [1.82, 2.24) is 4.90 Å². The number of carbonyl (C=O) groups excluding carboxylic acids is 1. The summed E-state index contributed by atoms with van der Waals surface area (Å²) < 4.78 is 17.4. The van der Waals surface area contributed by atoms with Crippen LogP contribution >= 0.6 is 0 Å². The minimum atomic E-state index is -0.796. The molecule has 0 unspecified atom stereocenters. The number of nitrogens with zero attached hydrogens (tertiary/aromatic N) is 1. The van der Waals surface area contributed by atoms with Gasteiger partial charge in [0.15, 0.2) is 0 Å². The summed E-state index contributed by atoms with van der Waals surface area (Å²) in [5.41, 5.74) is 1.86. The van der Waals surface area contributed by atoms with E-state index >= 15 is 0 Å². The minimum absolute atomic E-state index is 0.0266. The Morgan fingerprint density at radius 1 is 0.919 bits per heavy atom. The van der Waals surface area contributed by atoms with E-state index < -0.39 is 11.5 Å². The summed E-state index contributed by atoms with van der Waals surface area (Å²) in [7, 11) is 3.27. The number of piperidine rings is 1. The minimum Gasteiger partial charge on any atom is -0.497 e. The summed E-state index contributed by atoms with van der Waals surface area (Å²) in [6.45, 7) is 0.480. The Morgan fingerprint density at radius 2 is 1.62 bits per heavy atom. The fourth-order valence-corrected chi connectivity index (χ4v) is 6.72. The van der Waals surface area contributed by atoms with Gasteiger partial charge in [0, 0.05) is 35.2 Å². The van der Waals surface area contributed by atoms with Crippen LogP contribution in [0.15, 0.2) is 66.7 Å². The fraction of sp³-hybridized carbons (Fsp3) is 0.387. The molecular weight excluding hydrogens is 466 g/mol. The number of hydrogen-bond acceptors (Lipinski definition) is 5. The van der Waals surface area contributed by atoms with Gasteiger partial charge < -0.3 is 24.2 Å². The molecule has 6 nitrogen and oxygen atoms in total. The van der Waals surface area contributed by atoms with E-state index in [1.807, 2.05) is 71.6 Å². The van der Waals surface area contributed by atoms with Crippen molar-refractivity contribution in [2.24, 2.45) is 5.92 Å². The molecule has 3 aliphatic rings. The lowest BCUT2D eigenvalue weighted by atomic mass is 9.65. The van der Waals surface area contributed by atoms with Gasteiger partial charge in [-0.1, -0.05) is 49.2 Å². The first-order valence-electron chi connectivity index (χ1n) is 13.1. The van der Waals surface area contributed by atoms with E-state index in [0.29, 0.717) is 36.0 Å². The molecule has 192 valence electrons. The smallest absolute Gasteiger partial charge is 0.235 e. The number of amides is 1. The SMILES string of the molecule is COc1ccc([C@@H]2[C@@H]3CCCC[C@]3(O)CCN2C(=O)C2c3ccccc3Oc3ccccc32)c(OC)c1. The molecule has 2 heterocycles. The summed E-state index contributed by atoms with van der Waals surface area (Å²) in [4.78, 5) is 16.7. The van der Waals surface area contributed by atoms with Gasteiger partial charge in [-0.2, -0.15) is 0 Å². The molecule has 1 N–H and O–H groups in total. The van der Waals surface area contributed by atoms with Crippen LogP contribution in [-0.4, -0.2) is 42.3 Å². The molecule has 6 rings (SSSR count). The van der Waals surface area contributed by atoms with Crippen molar-refractivity contribution in [2.75, 3.05) is 20.8 Å². The van der Waals surface area contributed by atoms with Gasteiger partial charge in [0.25, 0.3) is 0 Å². The monoisotopic (exact) mass is 499 g/mol. The normalized spacial score (nSPS) is 24.8. The van der Waals surface area contributed by atoms with E-state index in [1.54, 1.807) is 14.2 Å². The van der Waals surface area contributed by atoms with E-state index in [4.69, 9.17) is 14.2 Å². The number of aliphatic hydroxyl groups is 1. The topological polar surface area (TPSA) is 68.2 Å². The molecule has 3 atom stereocenters. The van der Waals surface area contributed by atoms with Gasteiger partial charge in [-0.15, -0.1) is 0 Å². The molecule has 1 saturated heterocycles. The first-order valence-corrected chi connectivity index (χ1v) is 13.1. The predicted octanol–water partition coefficient (Wildman–Crippen LogP) is 5.84. The number of para-hydroxylation sites is 2. The maximum Gasteiger partial charge on any atom is 0.235 e. The van der Waals surface area contributed by atoms with Crippen LogP contribution in [0.25, 0.3) is 0 Å². The molecule has 0 radical (unpaired) electrons. The fourth-order valence-electron chi connectivity index (χ4n) is 6.72. The molecular formula is C31H33NO5. The highest BCUT2D eigenvalue weighted by molar-refractivity contribution is 5.90. The molecule has 0 spiro atoms. The van der Waals surface area contributed by atoms with Crippen molar-refractivity contribution in [2.45, 2.75) is 49.7 Å². The molecule has 1 amide bonds. The Bertz CT molecular complexity index is 1280. The van der Waals surface area contributed by atoms with E-state index in [2.05, 4.69) is 0 Å². The number of benzene rings is 3. The van der Waals surface area contributed by atoms with Crippen LogP contribution in [0, 0.1) is 5.92 Å². The number of hydrogen-bond donors (Lipinski definition) is 1. The van der Waals surface area contributed by atoms with Crippen LogP contribution in [0.3, 0.4) is 0 Å². The maximum absolute atomic E-state index is 14.7. The van der Waals surface area contributed by atoms with Gasteiger partial charge >= 0.3 is 0 Å². The molecule has 0 aromatic heterocycles. The lowest BCUT2D eigenvalue weighted by molar-refractivity contribution is -0.156. The van der Waals surface area contributed by atoms with Crippen molar-refractivity contribution in [3.05, 3.63) is 83.4 Å². The lowest BCUT2D eigenvalue weighted by Crippen LogP contribution is -2.57. The zero-order valence-electron chi connectivity index (χ0n) is 21.4. The van der Waals surface area contributed by atoms with E-state index in [9.17, 15) is 9.90 Å². The predicted molar refractivity (Wildman–Crippen MR) is 140 cm³/mol. The molecule has 1 aliphatic carbocycles. The van der Waals surface area contributed by atoms with Crippen molar-refractivity contribution in [3.8, 4) is 23.0 Å². The second-order valence-corrected chi connectivity index (χ2v) is 10.4. The Kier molecular flexibility index (Phi) is 6.07. The number of fused-ring (bicyclic) bond motifs is 3. The van der Waals surface area contributed by atoms with Gasteiger partial charge in [0.05, 0.1) is 31.8 Å². The van der Waals surface area contributed by atoms with Crippen LogP contribution < -0.4 is 14.2 Å². The van der Waals surface area contributed by atoms with E-state index in [-0.39, 0.29) is 17.9 Å². The number of rotatable bonds is 4. The molecule has 1 saturated carbocycles. The highest BCUT2D eigenvalue weighted by Crippen LogP contribution is 2.53. The number of carbonyl (C=O) groups is 1. The Hall–Kier alpha value is -3.51. The van der Waals surface area contributed by atoms with Gasteiger partial charge in [-0.05, 0) is 43.5 Å². The second-order valence-electron chi connectivity index (χ2n) is 10.4. The van der Waals surface area contributed by atoms with Crippen molar-refractivity contribution in [1.29, 1.82) is 0 Å². The Morgan fingerprint density at radius 3 is 2.30 bits per heavy atom. The first kappa shape index (κ1) is 23.9. The lowest BCUT2D eigenvalue weighted by Gasteiger charge is -2.53. The highest BCUT2D eigenvalue weighted by atomic mass is 16.5. The standard InChI is InChI=1S/C31H33NO5/c1-35-20-14-15-23(27(19-20)36-2)29-24-11-7-8-16-31(24,34)17-18-32(29)30(33)28-21-9-3-5-12-25(21)37-26-13-6-4-10-22(26)28/h3-6,9-10,12-15,19,24,28-29,34H,7-8,11,16-18H2,1-2H3/t24-,29+,31-/m0/s1. The largest absolute Gasteiger partial charge is 0.497 e. The third kappa shape index (κ3) is 3.95. The summed E-state index contributed by atoms with van der Waals surface area (Å²) in [5, 5.41) is 11.8. The molecule has 6 heteroatoms. The Labute approximate surface area is 217 Å². The average Bonchev–Trinajstić information content (AvgIpc) is 2.94. The van der Waals surface area contributed by atoms with Crippen LogP contribution in [0.2, 0.25) is 0 Å². The maximum atomic E-state index is 14.7. The molecule has 37 heavy (non-hydrogen) atoms. The summed E-state index contributed by atoms with van der Waals surface area (Å²) in [5.74, 6) is 2.26. The van der Waals surface area contributed by atoms with Crippen LogP contribution in [0.4, 0.5) is 0 Å². The average molecular weight is 500 g/mol. The van der Waals surface area contributed by atoms with Crippen molar-refractivity contribution >= 4 is 5.91 Å². The van der Waals surface area contributed by atoms with Crippen LogP contribution in [-0.2, 0) is 4.79 Å².